The van der Waals surface area contributed by atoms with Crippen LogP contribution in [0.25, 0.3) is 0 Å². The molecule has 0 aromatic heterocycles. The smallest absolute Gasteiger partial charge is 0.0133 e. The van der Waals surface area contributed by atoms with E-state index in [1.54, 1.807) is 0 Å². The van der Waals surface area contributed by atoms with E-state index in [4.69, 9.17) is 0 Å². The third-order valence-corrected chi connectivity index (χ3v) is 3.82. The summed E-state index contributed by atoms with van der Waals surface area (Å²) in [5.41, 5.74) is 2.91. The van der Waals surface area contributed by atoms with Crippen LogP contribution < -0.4 is 5.32 Å². The molecule has 1 heterocycles. The summed E-state index contributed by atoms with van der Waals surface area (Å²) in [6.45, 7) is 5.78. The van der Waals surface area contributed by atoms with E-state index in [2.05, 4.69) is 43.4 Å². The molecule has 1 aromatic rings. The summed E-state index contributed by atoms with van der Waals surface area (Å²) in [5.74, 6) is 0.819. The van der Waals surface area contributed by atoms with Crippen molar-refractivity contribution in [2.75, 3.05) is 6.54 Å². The lowest BCUT2D eigenvalue weighted by Gasteiger charge is -2.30. The van der Waals surface area contributed by atoms with E-state index in [9.17, 15) is 0 Å². The fourth-order valence-corrected chi connectivity index (χ4v) is 2.55. The van der Waals surface area contributed by atoms with Gasteiger partial charge in [0.1, 0.15) is 0 Å². The van der Waals surface area contributed by atoms with Crippen molar-refractivity contribution in [1.29, 1.82) is 0 Å². The van der Waals surface area contributed by atoms with E-state index in [-0.39, 0.29) is 0 Å². The van der Waals surface area contributed by atoms with E-state index in [1.165, 1.54) is 36.9 Å². The highest BCUT2D eigenvalue weighted by Crippen LogP contribution is 2.19. The molecule has 0 amide bonds. The molecule has 1 saturated heterocycles. The molecular formula is C15H23N. The monoisotopic (exact) mass is 217 g/mol. The molecule has 0 spiro atoms. The molecule has 2 atom stereocenters. The zero-order valence-corrected chi connectivity index (χ0v) is 10.5. The first-order chi connectivity index (χ1) is 7.79. The predicted molar refractivity (Wildman–Crippen MR) is 69.7 cm³/mol. The van der Waals surface area contributed by atoms with Crippen LogP contribution in [0.15, 0.2) is 24.3 Å². The van der Waals surface area contributed by atoms with E-state index < -0.39 is 0 Å². The van der Waals surface area contributed by atoms with Crippen LogP contribution in [0, 0.1) is 5.92 Å². The molecular weight excluding hydrogens is 194 g/mol. The summed E-state index contributed by atoms with van der Waals surface area (Å²) in [4.78, 5) is 0. The second kappa shape index (κ2) is 5.49. The SMILES string of the molecule is CCc1ccc(CC2NCCCC2C)cc1. The highest BCUT2D eigenvalue weighted by Gasteiger charge is 2.20. The molecule has 0 saturated carbocycles. The normalized spacial score (nSPS) is 25.6. The Balaban J connectivity index is 1.96. The van der Waals surface area contributed by atoms with E-state index >= 15 is 0 Å². The molecule has 1 N–H and O–H groups in total. The van der Waals surface area contributed by atoms with Gasteiger partial charge < -0.3 is 5.32 Å². The van der Waals surface area contributed by atoms with Gasteiger partial charge in [0.05, 0.1) is 0 Å². The van der Waals surface area contributed by atoms with Crippen molar-refractivity contribution >= 4 is 0 Å². The van der Waals surface area contributed by atoms with Gasteiger partial charge in [0.2, 0.25) is 0 Å². The second-order valence-electron chi connectivity index (χ2n) is 5.05. The lowest BCUT2D eigenvalue weighted by Crippen LogP contribution is -2.41. The van der Waals surface area contributed by atoms with Crippen LogP contribution in [0.1, 0.15) is 37.8 Å². The summed E-state index contributed by atoms with van der Waals surface area (Å²) >= 11 is 0. The molecule has 1 aromatic carbocycles. The number of nitrogens with one attached hydrogen (secondary N) is 1. The van der Waals surface area contributed by atoms with Crippen LogP contribution in [-0.4, -0.2) is 12.6 Å². The first-order valence-corrected chi connectivity index (χ1v) is 6.60. The summed E-state index contributed by atoms with van der Waals surface area (Å²) in [6.07, 6.45) is 5.04. The van der Waals surface area contributed by atoms with Crippen LogP contribution in [0.5, 0.6) is 0 Å². The number of rotatable bonds is 3. The standard InChI is InChI=1S/C15H23N/c1-3-13-6-8-14(9-7-13)11-15-12(2)5-4-10-16-15/h6-9,12,15-16H,3-5,10-11H2,1-2H3. The maximum absolute atomic E-state index is 3.65. The van der Waals surface area contributed by atoms with Gasteiger partial charge in [-0.2, -0.15) is 0 Å². The minimum absolute atomic E-state index is 0.682. The van der Waals surface area contributed by atoms with E-state index in [0.717, 1.165) is 12.3 Å². The lowest BCUT2D eigenvalue weighted by atomic mass is 9.88. The van der Waals surface area contributed by atoms with Gasteiger partial charge in [-0.25, -0.2) is 0 Å². The zero-order valence-electron chi connectivity index (χ0n) is 10.5. The Morgan fingerprint density at radius 3 is 2.50 bits per heavy atom. The molecule has 1 aliphatic rings. The van der Waals surface area contributed by atoms with Crippen LogP contribution in [0.2, 0.25) is 0 Å². The van der Waals surface area contributed by atoms with Gasteiger partial charge in [0, 0.05) is 6.04 Å². The number of hydrogen-bond acceptors (Lipinski definition) is 1. The molecule has 2 unspecified atom stereocenters. The fraction of sp³-hybridized carbons (Fsp3) is 0.600. The van der Waals surface area contributed by atoms with Crippen LogP contribution in [-0.2, 0) is 12.8 Å². The summed E-state index contributed by atoms with van der Waals surface area (Å²) in [6, 6.07) is 9.80. The molecule has 1 nitrogen and oxygen atoms in total. The number of aryl methyl sites for hydroxylation is 1. The molecule has 0 bridgehead atoms. The number of piperidine rings is 1. The fourth-order valence-electron chi connectivity index (χ4n) is 2.55. The Labute approximate surface area is 99.3 Å². The predicted octanol–water partition coefficient (Wildman–Crippen LogP) is 3.18. The van der Waals surface area contributed by atoms with Crippen LogP contribution in [0.3, 0.4) is 0 Å². The molecule has 2 rings (SSSR count). The van der Waals surface area contributed by atoms with Gasteiger partial charge in [-0.05, 0) is 49.3 Å². The second-order valence-corrected chi connectivity index (χ2v) is 5.05. The maximum atomic E-state index is 3.65. The summed E-state index contributed by atoms with van der Waals surface area (Å²) in [5, 5.41) is 3.65. The highest BCUT2D eigenvalue weighted by molar-refractivity contribution is 5.23. The van der Waals surface area contributed by atoms with E-state index in [0.29, 0.717) is 6.04 Å². The molecule has 88 valence electrons. The number of benzene rings is 1. The Morgan fingerprint density at radius 2 is 1.88 bits per heavy atom. The molecule has 16 heavy (non-hydrogen) atoms. The maximum Gasteiger partial charge on any atom is 0.0133 e. The summed E-state index contributed by atoms with van der Waals surface area (Å²) < 4.78 is 0. The van der Waals surface area contributed by atoms with Crippen LogP contribution >= 0.6 is 0 Å². The Hall–Kier alpha value is -0.820. The molecule has 0 aliphatic carbocycles. The van der Waals surface area contributed by atoms with Gasteiger partial charge in [-0.1, -0.05) is 38.1 Å². The van der Waals surface area contributed by atoms with E-state index in [1.807, 2.05) is 0 Å². The topological polar surface area (TPSA) is 12.0 Å². The van der Waals surface area contributed by atoms with Gasteiger partial charge in [-0.3, -0.25) is 0 Å². The average molecular weight is 217 g/mol. The molecule has 0 radical (unpaired) electrons. The van der Waals surface area contributed by atoms with Crippen molar-refractivity contribution in [3.05, 3.63) is 35.4 Å². The van der Waals surface area contributed by atoms with Crippen molar-refractivity contribution in [3.63, 3.8) is 0 Å². The summed E-state index contributed by atoms with van der Waals surface area (Å²) in [7, 11) is 0. The minimum Gasteiger partial charge on any atom is -0.313 e. The van der Waals surface area contributed by atoms with Crippen molar-refractivity contribution in [2.24, 2.45) is 5.92 Å². The zero-order chi connectivity index (χ0) is 11.4. The van der Waals surface area contributed by atoms with Crippen molar-refractivity contribution in [3.8, 4) is 0 Å². The van der Waals surface area contributed by atoms with Gasteiger partial charge in [0.25, 0.3) is 0 Å². The number of hydrogen-bond donors (Lipinski definition) is 1. The molecule has 1 aliphatic heterocycles. The van der Waals surface area contributed by atoms with Crippen molar-refractivity contribution in [1.82, 2.24) is 5.32 Å². The first kappa shape index (κ1) is 11.7. The average Bonchev–Trinajstić information content (AvgIpc) is 2.33. The Morgan fingerprint density at radius 1 is 1.19 bits per heavy atom. The van der Waals surface area contributed by atoms with Gasteiger partial charge in [-0.15, -0.1) is 0 Å². The lowest BCUT2D eigenvalue weighted by molar-refractivity contribution is 0.298. The molecule has 1 fully saturated rings. The van der Waals surface area contributed by atoms with Crippen LogP contribution in [0.4, 0.5) is 0 Å². The quantitative estimate of drug-likeness (QED) is 0.820. The van der Waals surface area contributed by atoms with Gasteiger partial charge >= 0.3 is 0 Å². The largest absolute Gasteiger partial charge is 0.313 e. The minimum atomic E-state index is 0.682. The molecule has 1 heteroatoms. The highest BCUT2D eigenvalue weighted by atomic mass is 14.9. The third-order valence-electron chi connectivity index (χ3n) is 3.82. The Kier molecular flexibility index (Phi) is 4.00. The first-order valence-electron chi connectivity index (χ1n) is 6.60. The third kappa shape index (κ3) is 2.85. The van der Waals surface area contributed by atoms with Crippen molar-refractivity contribution < 1.29 is 0 Å². The van der Waals surface area contributed by atoms with Crippen molar-refractivity contribution in [2.45, 2.75) is 45.6 Å². The Bertz CT molecular complexity index is 315. The van der Waals surface area contributed by atoms with Gasteiger partial charge in [0.15, 0.2) is 0 Å².